The van der Waals surface area contributed by atoms with Gasteiger partial charge in [-0.25, -0.2) is 4.79 Å². The number of hydrogen-bond acceptors (Lipinski definition) is 4. The fraction of sp³-hybridized carbons (Fsp3) is 0.625. The summed E-state index contributed by atoms with van der Waals surface area (Å²) in [6.07, 6.45) is 3.91. The van der Waals surface area contributed by atoms with Crippen molar-refractivity contribution in [3.8, 4) is 0 Å². The molecule has 0 spiro atoms. The Morgan fingerprint density at radius 1 is 1.33 bits per heavy atom. The van der Waals surface area contributed by atoms with Gasteiger partial charge in [-0.05, 0) is 26.4 Å². The lowest BCUT2D eigenvalue weighted by molar-refractivity contribution is -0.138. The van der Waals surface area contributed by atoms with Crippen LogP contribution >= 0.6 is 23.5 Å². The largest absolute Gasteiger partial charge is 0.463 e. The second-order valence-corrected chi connectivity index (χ2v) is 3.93. The van der Waals surface area contributed by atoms with E-state index in [9.17, 15) is 4.79 Å². The molecule has 2 nitrogen and oxygen atoms in total. The van der Waals surface area contributed by atoms with Gasteiger partial charge in [0, 0.05) is 4.24 Å². The Kier molecular flexibility index (Phi) is 6.38. The van der Waals surface area contributed by atoms with Crippen LogP contribution < -0.4 is 0 Å². The normalized spacial score (nSPS) is 9.33. The third-order valence-electron chi connectivity index (χ3n) is 1.26. The summed E-state index contributed by atoms with van der Waals surface area (Å²) >= 11 is 3.15. The van der Waals surface area contributed by atoms with Crippen LogP contribution in [0.1, 0.15) is 13.8 Å². The van der Waals surface area contributed by atoms with E-state index in [0.29, 0.717) is 12.2 Å². The Labute approximate surface area is 82.1 Å². The topological polar surface area (TPSA) is 26.3 Å². The molecule has 0 aromatic heterocycles. The minimum absolute atomic E-state index is 0.212. The van der Waals surface area contributed by atoms with Gasteiger partial charge in [0.15, 0.2) is 0 Å². The molecule has 0 radical (unpaired) electrons. The maximum atomic E-state index is 11.2. The zero-order chi connectivity index (χ0) is 9.56. The SMILES string of the molecule is CCOC(=O)C(C)=C(SC)SC. The van der Waals surface area contributed by atoms with Crippen molar-refractivity contribution in [2.24, 2.45) is 0 Å². The van der Waals surface area contributed by atoms with Crippen LogP contribution in [0.5, 0.6) is 0 Å². The summed E-state index contributed by atoms with van der Waals surface area (Å²) in [4.78, 5) is 11.2. The molecule has 70 valence electrons. The van der Waals surface area contributed by atoms with Crippen LogP contribution in [0.4, 0.5) is 0 Å². The summed E-state index contributed by atoms with van der Waals surface area (Å²) in [7, 11) is 0. The molecule has 0 saturated heterocycles. The highest BCUT2D eigenvalue weighted by atomic mass is 32.2. The van der Waals surface area contributed by atoms with Crippen LogP contribution in [0.25, 0.3) is 0 Å². The first-order valence-electron chi connectivity index (χ1n) is 3.63. The fourth-order valence-corrected chi connectivity index (χ4v) is 2.16. The summed E-state index contributed by atoms with van der Waals surface area (Å²) in [5, 5.41) is 0. The number of carbonyl (C=O) groups is 1. The predicted molar refractivity (Wildman–Crippen MR) is 56.4 cm³/mol. The van der Waals surface area contributed by atoms with Crippen molar-refractivity contribution in [2.45, 2.75) is 13.8 Å². The Morgan fingerprint density at radius 2 is 1.83 bits per heavy atom. The van der Waals surface area contributed by atoms with Crippen molar-refractivity contribution in [1.82, 2.24) is 0 Å². The van der Waals surface area contributed by atoms with E-state index in [2.05, 4.69) is 0 Å². The average molecular weight is 206 g/mol. The smallest absolute Gasteiger partial charge is 0.335 e. The number of rotatable bonds is 4. The van der Waals surface area contributed by atoms with E-state index in [-0.39, 0.29) is 5.97 Å². The van der Waals surface area contributed by atoms with E-state index < -0.39 is 0 Å². The van der Waals surface area contributed by atoms with Gasteiger partial charge in [0.1, 0.15) is 0 Å². The Morgan fingerprint density at radius 3 is 2.17 bits per heavy atom. The van der Waals surface area contributed by atoms with Gasteiger partial charge in [-0.3, -0.25) is 0 Å². The standard InChI is InChI=1S/C8H14O2S2/c1-5-10-7(9)6(2)8(11-3)12-4/h5H2,1-4H3. The van der Waals surface area contributed by atoms with Gasteiger partial charge >= 0.3 is 5.97 Å². The molecule has 0 amide bonds. The molecule has 0 N–H and O–H groups in total. The molecule has 0 fully saturated rings. The highest BCUT2D eigenvalue weighted by molar-refractivity contribution is 8.21. The van der Waals surface area contributed by atoms with Crippen LogP contribution in [-0.4, -0.2) is 25.1 Å². The van der Waals surface area contributed by atoms with Gasteiger partial charge in [0.2, 0.25) is 0 Å². The molecule has 0 unspecified atom stereocenters. The third kappa shape index (κ3) is 3.54. The van der Waals surface area contributed by atoms with Gasteiger partial charge in [0.25, 0.3) is 0 Å². The first kappa shape index (κ1) is 11.9. The monoisotopic (exact) mass is 206 g/mol. The Balaban J connectivity index is 4.39. The van der Waals surface area contributed by atoms with Gasteiger partial charge in [-0.1, -0.05) is 0 Å². The molecular weight excluding hydrogens is 192 g/mol. The zero-order valence-electron chi connectivity index (χ0n) is 7.84. The van der Waals surface area contributed by atoms with Crippen molar-refractivity contribution < 1.29 is 9.53 Å². The molecule has 0 aliphatic rings. The van der Waals surface area contributed by atoms with Crippen molar-refractivity contribution in [1.29, 1.82) is 0 Å². The minimum atomic E-state index is -0.212. The Bertz CT molecular complexity index is 181. The molecule has 0 aromatic carbocycles. The lowest BCUT2D eigenvalue weighted by atomic mass is 10.4. The van der Waals surface area contributed by atoms with E-state index in [1.165, 1.54) is 0 Å². The number of ether oxygens (including phenoxy) is 1. The summed E-state index contributed by atoms with van der Waals surface area (Å²) in [5.74, 6) is -0.212. The van der Waals surface area contributed by atoms with E-state index in [0.717, 1.165) is 4.24 Å². The summed E-state index contributed by atoms with van der Waals surface area (Å²) in [6, 6.07) is 0. The molecule has 0 aliphatic carbocycles. The molecule has 0 rings (SSSR count). The third-order valence-corrected chi connectivity index (χ3v) is 3.61. The van der Waals surface area contributed by atoms with E-state index in [4.69, 9.17) is 4.74 Å². The minimum Gasteiger partial charge on any atom is -0.463 e. The van der Waals surface area contributed by atoms with Crippen LogP contribution in [-0.2, 0) is 9.53 Å². The fourth-order valence-electron chi connectivity index (χ4n) is 0.712. The van der Waals surface area contributed by atoms with Crippen LogP contribution in [0.2, 0.25) is 0 Å². The summed E-state index contributed by atoms with van der Waals surface area (Å²) < 4.78 is 5.89. The lowest BCUT2D eigenvalue weighted by Crippen LogP contribution is -2.06. The van der Waals surface area contributed by atoms with E-state index in [1.807, 2.05) is 19.4 Å². The van der Waals surface area contributed by atoms with Gasteiger partial charge in [-0.15, -0.1) is 23.5 Å². The zero-order valence-corrected chi connectivity index (χ0v) is 9.47. The van der Waals surface area contributed by atoms with Crippen molar-refractivity contribution in [2.75, 3.05) is 19.1 Å². The second-order valence-electron chi connectivity index (χ2n) is 2.04. The van der Waals surface area contributed by atoms with Crippen LogP contribution in [0.15, 0.2) is 9.81 Å². The maximum absolute atomic E-state index is 11.2. The number of esters is 1. The van der Waals surface area contributed by atoms with Gasteiger partial charge < -0.3 is 4.74 Å². The van der Waals surface area contributed by atoms with Crippen molar-refractivity contribution in [3.05, 3.63) is 9.81 Å². The molecular formula is C8H14O2S2. The maximum Gasteiger partial charge on any atom is 0.335 e. The first-order chi connectivity index (χ1) is 5.67. The molecule has 0 bridgehead atoms. The molecule has 0 heterocycles. The van der Waals surface area contributed by atoms with Crippen molar-refractivity contribution >= 4 is 29.5 Å². The quantitative estimate of drug-likeness (QED) is 0.521. The lowest BCUT2D eigenvalue weighted by Gasteiger charge is -2.05. The average Bonchev–Trinajstić information content (AvgIpc) is 2.07. The number of hydrogen-bond donors (Lipinski definition) is 0. The second kappa shape index (κ2) is 6.43. The van der Waals surface area contributed by atoms with Crippen LogP contribution in [0, 0.1) is 0 Å². The number of carbonyl (C=O) groups excluding carboxylic acids is 1. The summed E-state index contributed by atoms with van der Waals surface area (Å²) in [5.41, 5.74) is 0.705. The molecule has 0 aliphatic heterocycles. The molecule has 12 heavy (non-hydrogen) atoms. The predicted octanol–water partition coefficient (Wildman–Crippen LogP) is 2.51. The van der Waals surface area contributed by atoms with E-state index in [1.54, 1.807) is 30.4 Å². The molecule has 0 atom stereocenters. The molecule has 4 heteroatoms. The van der Waals surface area contributed by atoms with Crippen molar-refractivity contribution in [3.63, 3.8) is 0 Å². The highest BCUT2D eigenvalue weighted by Crippen LogP contribution is 2.27. The number of thioether (sulfide) groups is 2. The van der Waals surface area contributed by atoms with Gasteiger partial charge in [-0.2, -0.15) is 0 Å². The summed E-state index contributed by atoms with van der Waals surface area (Å²) in [6.45, 7) is 4.04. The van der Waals surface area contributed by atoms with Crippen LogP contribution in [0.3, 0.4) is 0 Å². The molecule has 0 aromatic rings. The van der Waals surface area contributed by atoms with E-state index >= 15 is 0 Å². The highest BCUT2D eigenvalue weighted by Gasteiger charge is 2.09. The molecule has 0 saturated carbocycles. The van der Waals surface area contributed by atoms with Gasteiger partial charge in [0.05, 0.1) is 12.2 Å². The first-order valence-corrected chi connectivity index (χ1v) is 6.08. The Hall–Kier alpha value is -0.0900.